The number of aryl methyl sites for hydroxylation is 1. The molecule has 0 heterocycles. The van der Waals surface area contributed by atoms with Crippen molar-refractivity contribution < 1.29 is 19.1 Å². The van der Waals surface area contributed by atoms with Crippen LogP contribution in [0.4, 0.5) is 0 Å². The molecule has 0 spiro atoms. The van der Waals surface area contributed by atoms with Gasteiger partial charge in [-0.3, -0.25) is 9.79 Å². The number of hydrogen-bond donors (Lipinski definition) is 2. The Morgan fingerprint density at radius 3 is 2.03 bits per heavy atom. The normalized spacial score (nSPS) is 17.0. The quantitative estimate of drug-likeness (QED) is 0.195. The fourth-order valence-electron chi connectivity index (χ4n) is 4.45. The van der Waals surface area contributed by atoms with E-state index >= 15 is 0 Å². The maximum atomic E-state index is 12.6. The average molecular weight is 500 g/mol. The van der Waals surface area contributed by atoms with Crippen LogP contribution in [0.25, 0.3) is 11.1 Å². The van der Waals surface area contributed by atoms with Gasteiger partial charge in [0.05, 0.1) is 11.5 Å². The van der Waals surface area contributed by atoms with Crippen molar-refractivity contribution in [3.8, 4) is 16.9 Å². The zero-order valence-corrected chi connectivity index (χ0v) is 21.1. The van der Waals surface area contributed by atoms with Gasteiger partial charge in [0.15, 0.2) is 5.96 Å². The van der Waals surface area contributed by atoms with Crippen molar-refractivity contribution in [2.75, 3.05) is 6.54 Å². The third-order valence-electron chi connectivity index (χ3n) is 6.73. The van der Waals surface area contributed by atoms with Crippen LogP contribution >= 0.6 is 0 Å². The van der Waals surface area contributed by atoms with Crippen molar-refractivity contribution >= 4 is 17.9 Å². The van der Waals surface area contributed by atoms with Crippen LogP contribution in [0.2, 0.25) is 0 Å². The first-order chi connectivity index (χ1) is 17.9. The molecule has 4 rings (SSSR count). The number of guanidine groups is 1. The van der Waals surface area contributed by atoms with E-state index in [1.807, 2.05) is 55.5 Å². The van der Waals surface area contributed by atoms with Crippen LogP contribution in [0.15, 0.2) is 77.8 Å². The number of rotatable bonds is 8. The number of benzene rings is 3. The topological polar surface area (TPSA) is 117 Å². The summed E-state index contributed by atoms with van der Waals surface area (Å²) in [4.78, 5) is 29.1. The second-order valence-electron chi connectivity index (χ2n) is 9.57. The maximum absolute atomic E-state index is 12.6. The Hall–Kier alpha value is -4.13. The van der Waals surface area contributed by atoms with E-state index < -0.39 is 0 Å². The lowest BCUT2D eigenvalue weighted by Crippen LogP contribution is -2.28. The van der Waals surface area contributed by atoms with Crippen LogP contribution < -0.4 is 16.2 Å². The van der Waals surface area contributed by atoms with Gasteiger partial charge in [-0.15, -0.1) is 0 Å². The molecule has 0 atom stereocenters. The molecule has 0 aliphatic heterocycles. The van der Waals surface area contributed by atoms with E-state index in [1.54, 1.807) is 24.3 Å². The summed E-state index contributed by atoms with van der Waals surface area (Å²) in [6.07, 6.45) is 3.37. The molecule has 3 aromatic rings. The molecule has 1 saturated carbocycles. The van der Waals surface area contributed by atoms with E-state index in [9.17, 15) is 9.59 Å². The lowest BCUT2D eigenvalue weighted by Gasteiger charge is -2.26. The van der Waals surface area contributed by atoms with Crippen molar-refractivity contribution in [1.82, 2.24) is 0 Å². The zero-order chi connectivity index (χ0) is 26.2. The van der Waals surface area contributed by atoms with Gasteiger partial charge in [-0.05, 0) is 79.5 Å². The molecule has 1 aliphatic rings. The highest BCUT2D eigenvalue weighted by Crippen LogP contribution is 2.31. The molecule has 0 aromatic heterocycles. The summed E-state index contributed by atoms with van der Waals surface area (Å²) in [7, 11) is 0. The molecule has 7 nitrogen and oxygen atoms in total. The molecule has 1 fully saturated rings. The molecule has 4 N–H and O–H groups in total. The molecule has 7 heteroatoms. The molecule has 0 saturated heterocycles. The molecular formula is C30H33N3O4. The highest BCUT2D eigenvalue weighted by atomic mass is 16.5. The number of carbonyl (C=O) groups is 2. The number of esters is 2. The molecule has 0 unspecified atom stereocenters. The van der Waals surface area contributed by atoms with Crippen LogP contribution in [0.5, 0.6) is 5.75 Å². The maximum Gasteiger partial charge on any atom is 0.338 e. The number of hydrogen-bond acceptors (Lipinski definition) is 5. The number of ether oxygens (including phenoxy) is 2. The Labute approximate surface area is 217 Å². The molecule has 0 radical (unpaired) electrons. The van der Waals surface area contributed by atoms with Gasteiger partial charge in [0.1, 0.15) is 12.4 Å². The summed E-state index contributed by atoms with van der Waals surface area (Å²) in [5.41, 5.74) is 15.3. The smallest absolute Gasteiger partial charge is 0.338 e. The fourth-order valence-corrected chi connectivity index (χ4v) is 4.45. The minimum absolute atomic E-state index is 0.103. The fraction of sp³-hybridized carbons (Fsp3) is 0.300. The largest absolute Gasteiger partial charge is 0.457 e. The van der Waals surface area contributed by atoms with Crippen molar-refractivity contribution in [3.63, 3.8) is 0 Å². The molecule has 37 heavy (non-hydrogen) atoms. The number of aliphatic imine (C=N–C) groups is 1. The Balaban J connectivity index is 1.27. The molecule has 0 bridgehead atoms. The summed E-state index contributed by atoms with van der Waals surface area (Å²) in [6, 6.07) is 22.5. The molecular weight excluding hydrogens is 466 g/mol. The Morgan fingerprint density at radius 2 is 1.43 bits per heavy atom. The lowest BCUT2D eigenvalue weighted by molar-refractivity contribution is -0.140. The van der Waals surface area contributed by atoms with E-state index in [1.165, 1.54) is 0 Å². The van der Waals surface area contributed by atoms with Crippen LogP contribution in [-0.2, 0) is 16.1 Å². The summed E-state index contributed by atoms with van der Waals surface area (Å²) in [5.74, 6) is 0.381. The monoisotopic (exact) mass is 499 g/mol. The number of nitrogens with zero attached hydrogens (tertiary/aromatic N) is 1. The first-order valence-corrected chi connectivity index (χ1v) is 12.6. The van der Waals surface area contributed by atoms with Crippen LogP contribution in [0, 0.1) is 18.8 Å². The third kappa shape index (κ3) is 7.43. The van der Waals surface area contributed by atoms with Gasteiger partial charge >= 0.3 is 11.9 Å². The van der Waals surface area contributed by atoms with Crippen molar-refractivity contribution in [2.24, 2.45) is 28.3 Å². The highest BCUT2D eigenvalue weighted by Gasteiger charge is 2.27. The van der Waals surface area contributed by atoms with Gasteiger partial charge in [-0.25, -0.2) is 4.79 Å². The van der Waals surface area contributed by atoms with E-state index in [2.05, 4.69) is 4.99 Å². The number of nitrogens with two attached hydrogens (primary N) is 2. The Morgan fingerprint density at radius 1 is 0.838 bits per heavy atom. The highest BCUT2D eigenvalue weighted by molar-refractivity contribution is 5.90. The predicted octanol–water partition coefficient (Wildman–Crippen LogP) is 5.00. The summed E-state index contributed by atoms with van der Waals surface area (Å²) in [6.45, 7) is 2.87. The summed E-state index contributed by atoms with van der Waals surface area (Å²) >= 11 is 0. The molecule has 3 aromatic carbocycles. The van der Waals surface area contributed by atoms with Crippen LogP contribution in [-0.4, -0.2) is 24.4 Å². The first-order valence-electron chi connectivity index (χ1n) is 12.6. The van der Waals surface area contributed by atoms with Crippen molar-refractivity contribution in [1.29, 1.82) is 0 Å². The van der Waals surface area contributed by atoms with Crippen LogP contribution in [0.3, 0.4) is 0 Å². The van der Waals surface area contributed by atoms with E-state index in [0.717, 1.165) is 47.9 Å². The SMILES string of the molecule is Cc1ccc(COC(=O)c2ccc(-c3ccc(OC(=O)C4CCC(CN=C(N)N)CC4)cc3)cc2)cc1. The Kier molecular flexibility index (Phi) is 8.56. The minimum atomic E-state index is -0.361. The Bertz CT molecular complexity index is 1220. The standard InChI is InChI=1S/C30H33N3O4/c1-20-2-4-22(5-3-20)19-36-28(34)25-12-10-23(11-13-25)24-14-16-27(17-15-24)37-29(35)26-8-6-21(7-9-26)18-33-30(31)32/h2-5,10-17,21,26H,6-9,18-19H2,1H3,(H4,31,32,33). The van der Waals surface area contributed by atoms with Gasteiger partial charge in [-0.2, -0.15) is 0 Å². The summed E-state index contributed by atoms with van der Waals surface area (Å²) < 4.78 is 11.1. The second-order valence-corrected chi connectivity index (χ2v) is 9.57. The summed E-state index contributed by atoms with van der Waals surface area (Å²) in [5, 5.41) is 0. The predicted molar refractivity (Wildman–Crippen MR) is 144 cm³/mol. The van der Waals surface area contributed by atoms with Gasteiger partial charge < -0.3 is 20.9 Å². The van der Waals surface area contributed by atoms with Crippen molar-refractivity contribution in [2.45, 2.75) is 39.2 Å². The van der Waals surface area contributed by atoms with Gasteiger partial charge in [-0.1, -0.05) is 54.1 Å². The second kappa shape index (κ2) is 12.2. The molecule has 0 amide bonds. The zero-order valence-electron chi connectivity index (χ0n) is 21.1. The van der Waals surface area contributed by atoms with Gasteiger partial charge in [0.25, 0.3) is 0 Å². The van der Waals surface area contributed by atoms with E-state index in [0.29, 0.717) is 23.8 Å². The van der Waals surface area contributed by atoms with Crippen LogP contribution in [0.1, 0.15) is 47.2 Å². The lowest BCUT2D eigenvalue weighted by atomic mass is 9.82. The van der Waals surface area contributed by atoms with Gasteiger partial charge in [0.2, 0.25) is 0 Å². The molecule has 192 valence electrons. The van der Waals surface area contributed by atoms with Gasteiger partial charge in [0, 0.05) is 6.54 Å². The van der Waals surface area contributed by atoms with E-state index in [4.69, 9.17) is 20.9 Å². The van der Waals surface area contributed by atoms with Crippen molar-refractivity contribution in [3.05, 3.63) is 89.5 Å². The third-order valence-corrected chi connectivity index (χ3v) is 6.73. The first kappa shape index (κ1) is 25.9. The van der Waals surface area contributed by atoms with E-state index in [-0.39, 0.29) is 30.4 Å². The molecule has 1 aliphatic carbocycles. The number of carbonyl (C=O) groups excluding carboxylic acids is 2. The average Bonchev–Trinajstić information content (AvgIpc) is 2.92. The minimum Gasteiger partial charge on any atom is -0.457 e.